The number of nitrogens with two attached hydrogens (primary N) is 1. The van der Waals surface area contributed by atoms with E-state index in [0.29, 0.717) is 32.1 Å². The highest BCUT2D eigenvalue weighted by molar-refractivity contribution is 8.11. The van der Waals surface area contributed by atoms with Gasteiger partial charge in [0.05, 0.1) is 19.3 Å². The first-order chi connectivity index (χ1) is 28.3. The van der Waals surface area contributed by atoms with Crippen LogP contribution in [0.15, 0.2) is 121 Å². The van der Waals surface area contributed by atoms with Gasteiger partial charge in [0, 0.05) is 29.8 Å². The summed E-state index contributed by atoms with van der Waals surface area (Å²) in [6.07, 6.45) is 3.15. The summed E-state index contributed by atoms with van der Waals surface area (Å²) in [6, 6.07) is 35.3. The number of carbonyl (C=O) groups is 2. The third-order valence-corrected chi connectivity index (χ3v) is 12.6. The predicted octanol–water partition coefficient (Wildman–Crippen LogP) is 3.86. The van der Waals surface area contributed by atoms with Gasteiger partial charge in [-0.25, -0.2) is 0 Å². The molecule has 4 aromatic rings. The van der Waals surface area contributed by atoms with Crippen LogP contribution in [0.25, 0.3) is 0 Å². The van der Waals surface area contributed by atoms with Gasteiger partial charge in [0.15, 0.2) is 0 Å². The second-order valence-electron chi connectivity index (χ2n) is 14.0. The first kappa shape index (κ1) is 47.4. The molecular weight excluding hydrogens is 820 g/mol. The lowest BCUT2D eigenvalue weighted by Crippen LogP contribution is -2.51. The summed E-state index contributed by atoms with van der Waals surface area (Å²) in [5.41, 5.74) is 9.34. The van der Waals surface area contributed by atoms with Crippen LogP contribution >= 0.6 is 10.7 Å². The Kier molecular flexibility index (Phi) is 19.4. The van der Waals surface area contributed by atoms with Gasteiger partial charge in [0.2, 0.25) is 0 Å². The van der Waals surface area contributed by atoms with E-state index in [-0.39, 0.29) is 45.6 Å². The van der Waals surface area contributed by atoms with Crippen LogP contribution in [0.3, 0.4) is 0 Å². The smallest absolute Gasteiger partial charge is 0.324 e. The summed E-state index contributed by atoms with van der Waals surface area (Å²) in [6.45, 7) is 0.442. The molecule has 0 unspecified atom stereocenters. The van der Waals surface area contributed by atoms with Crippen molar-refractivity contribution in [1.82, 2.24) is 13.3 Å². The highest BCUT2D eigenvalue weighted by Gasteiger charge is 2.41. The number of carbonyl (C=O) groups excluding carboxylic acids is 2. The fourth-order valence-electron chi connectivity index (χ4n) is 6.45. The maximum Gasteiger partial charge on any atom is 0.324 e. The number of aliphatic hydroxyl groups is 2. The molecule has 0 radical (unpaired) electrons. The van der Waals surface area contributed by atoms with Gasteiger partial charge in [0.1, 0.15) is 25.3 Å². The Labute approximate surface area is 351 Å². The van der Waals surface area contributed by atoms with Gasteiger partial charge >= 0.3 is 21.2 Å². The van der Waals surface area contributed by atoms with Gasteiger partial charge in [-0.1, -0.05) is 121 Å². The molecule has 320 valence electrons. The molecule has 2 aliphatic rings. The van der Waals surface area contributed by atoms with Crippen LogP contribution in [-0.4, -0.2) is 98.1 Å². The van der Waals surface area contributed by atoms with Crippen molar-refractivity contribution >= 4 is 42.1 Å². The molecule has 2 aliphatic heterocycles. The fourth-order valence-corrected chi connectivity index (χ4v) is 9.40. The van der Waals surface area contributed by atoms with Gasteiger partial charge in [-0.2, -0.15) is 30.2 Å². The van der Waals surface area contributed by atoms with Crippen molar-refractivity contribution in [3.63, 3.8) is 0 Å². The minimum absolute atomic E-state index is 0.0505. The van der Waals surface area contributed by atoms with E-state index in [1.807, 2.05) is 121 Å². The molecule has 6 rings (SSSR count). The van der Waals surface area contributed by atoms with Crippen molar-refractivity contribution in [1.29, 1.82) is 0 Å². The Hall–Kier alpha value is -4.23. The molecule has 2 heterocycles. The number of nitrogens with one attached hydrogen (secondary N) is 1. The lowest BCUT2D eigenvalue weighted by molar-refractivity contribution is -0.149. The second-order valence-corrected chi connectivity index (χ2v) is 18.1. The Morgan fingerprint density at radius 2 is 1.03 bits per heavy atom. The molecule has 0 amide bonds. The Morgan fingerprint density at radius 1 is 0.644 bits per heavy atom. The zero-order chi connectivity index (χ0) is 42.7. The van der Waals surface area contributed by atoms with E-state index in [1.54, 1.807) is 0 Å². The monoisotopic (exact) mass is 872 g/mol. The molecular formula is C42H53ClN4O10S2. The van der Waals surface area contributed by atoms with Crippen molar-refractivity contribution in [3.8, 4) is 0 Å². The van der Waals surface area contributed by atoms with Crippen molar-refractivity contribution in [3.05, 3.63) is 144 Å². The summed E-state index contributed by atoms with van der Waals surface area (Å²) < 4.78 is 63.5. The predicted molar refractivity (Wildman–Crippen MR) is 225 cm³/mol. The zero-order valence-electron chi connectivity index (χ0n) is 32.7. The Morgan fingerprint density at radius 3 is 1.44 bits per heavy atom. The van der Waals surface area contributed by atoms with Gasteiger partial charge in [-0.3, -0.25) is 9.59 Å². The third-order valence-electron chi connectivity index (χ3n) is 9.42. The SMILES string of the molecule is N[C@@H](CO)Cc1ccccc1.O=C(OCc1ccccc1)[C@@H]1CCCN1S(=O)(=O)Cl.O=C(OCc1ccccc1)[C@@H]1CCCN1S(=O)(=O)N[C@@H](CO)Cc1ccccc1. The number of hydrogen-bond donors (Lipinski definition) is 4. The molecule has 0 aliphatic carbocycles. The normalized spacial score (nSPS) is 18.0. The summed E-state index contributed by atoms with van der Waals surface area (Å²) in [4.78, 5) is 24.4. The van der Waals surface area contributed by atoms with Crippen molar-refractivity contribution < 1.29 is 46.1 Å². The lowest BCUT2D eigenvalue weighted by atomic mass is 10.1. The molecule has 14 nitrogen and oxygen atoms in total. The van der Waals surface area contributed by atoms with Gasteiger partial charge in [-0.05, 0) is 60.8 Å². The number of nitrogens with zero attached hydrogens (tertiary/aromatic N) is 2. The van der Waals surface area contributed by atoms with Gasteiger partial charge < -0.3 is 25.4 Å². The van der Waals surface area contributed by atoms with Crippen LogP contribution in [0.4, 0.5) is 0 Å². The van der Waals surface area contributed by atoms with E-state index in [1.165, 1.54) is 5.56 Å². The number of ether oxygens (including phenoxy) is 2. The summed E-state index contributed by atoms with van der Waals surface area (Å²) >= 11 is 0. The molecule has 17 heteroatoms. The largest absolute Gasteiger partial charge is 0.460 e. The molecule has 0 aromatic heterocycles. The summed E-state index contributed by atoms with van der Waals surface area (Å²) in [7, 11) is -2.54. The molecule has 0 saturated carbocycles. The van der Waals surface area contributed by atoms with Crippen molar-refractivity contribution in [2.75, 3.05) is 26.3 Å². The highest BCUT2D eigenvalue weighted by atomic mass is 35.7. The third kappa shape index (κ3) is 16.0. The number of aliphatic hydroxyl groups excluding tert-OH is 2. The van der Waals surface area contributed by atoms with E-state index in [4.69, 9.17) is 31.0 Å². The van der Waals surface area contributed by atoms with Crippen LogP contribution < -0.4 is 10.5 Å². The number of halogens is 1. The first-order valence-electron chi connectivity index (χ1n) is 19.3. The van der Waals surface area contributed by atoms with Crippen LogP contribution in [0, 0.1) is 0 Å². The van der Waals surface area contributed by atoms with E-state index >= 15 is 0 Å². The van der Waals surface area contributed by atoms with Crippen molar-refractivity contribution in [2.24, 2.45) is 5.73 Å². The number of hydrogen-bond acceptors (Lipinski definition) is 11. The van der Waals surface area contributed by atoms with Gasteiger partial charge in [-0.15, -0.1) is 0 Å². The molecule has 2 saturated heterocycles. The maximum absolute atomic E-state index is 12.9. The first-order valence-corrected chi connectivity index (χ1v) is 23.0. The minimum Gasteiger partial charge on any atom is -0.460 e. The van der Waals surface area contributed by atoms with E-state index in [2.05, 4.69) is 4.72 Å². The lowest BCUT2D eigenvalue weighted by Gasteiger charge is -2.25. The Balaban J connectivity index is 0.000000219. The van der Waals surface area contributed by atoms with E-state index in [9.17, 15) is 31.5 Å². The van der Waals surface area contributed by atoms with E-state index in [0.717, 1.165) is 31.7 Å². The average Bonchev–Trinajstić information content (AvgIpc) is 3.96. The van der Waals surface area contributed by atoms with Crippen LogP contribution in [0.5, 0.6) is 0 Å². The van der Waals surface area contributed by atoms with Gasteiger partial charge in [0.25, 0.3) is 10.2 Å². The molecule has 0 bridgehead atoms. The van der Waals surface area contributed by atoms with Crippen LogP contribution in [0.2, 0.25) is 0 Å². The fraction of sp³-hybridized carbons (Fsp3) is 0.381. The van der Waals surface area contributed by atoms with Crippen LogP contribution in [0.1, 0.15) is 47.9 Å². The highest BCUT2D eigenvalue weighted by Crippen LogP contribution is 2.25. The summed E-state index contributed by atoms with van der Waals surface area (Å²) in [5.74, 6) is -1.11. The standard InChI is InChI=1S/C21H26N2O5S.C12H14ClNO4S.C9H13NO/c24-15-19(14-17-8-3-1-4-9-17)22-29(26,27)23-13-7-12-20(23)21(25)28-16-18-10-5-2-6-11-18;13-19(16,17)14-8-4-7-11(14)12(15)18-9-10-5-2-1-3-6-10;10-9(7-11)6-8-4-2-1-3-5-8/h1-6,8-11,19-20,22,24H,7,12-16H2;1-3,5-6,11H,4,7-9H2;1-5,9,11H,6-7,10H2/t19-,20+;11-;9-/m101/s1. The molecule has 0 spiro atoms. The molecule has 5 N–H and O–H groups in total. The maximum atomic E-state index is 12.9. The molecule has 4 aromatic carbocycles. The number of benzene rings is 4. The molecule has 59 heavy (non-hydrogen) atoms. The second kappa shape index (κ2) is 24.1. The van der Waals surface area contributed by atoms with Crippen molar-refractivity contribution in [2.45, 2.75) is 75.9 Å². The molecule has 4 atom stereocenters. The molecule has 2 fully saturated rings. The zero-order valence-corrected chi connectivity index (χ0v) is 35.1. The quantitative estimate of drug-likeness (QED) is 0.0940. The minimum atomic E-state index is -3.95. The van der Waals surface area contributed by atoms with E-state index < -0.39 is 49.5 Å². The Bertz CT molecular complexity index is 2070. The average molecular weight is 873 g/mol. The number of esters is 2. The summed E-state index contributed by atoms with van der Waals surface area (Å²) in [5, 5.41) is 18.3. The number of rotatable bonds is 16. The topological polar surface area (TPSA) is 206 Å². The van der Waals surface area contributed by atoms with Crippen LogP contribution in [-0.2, 0) is 64.6 Å².